The van der Waals surface area contributed by atoms with Crippen LogP contribution in [0.3, 0.4) is 0 Å². The van der Waals surface area contributed by atoms with Crippen LogP contribution >= 0.6 is 45.2 Å². The third-order valence-electron chi connectivity index (χ3n) is 3.11. The molecule has 0 bridgehead atoms. The molecular formula is C17H15I2NO4. The highest BCUT2D eigenvalue weighted by molar-refractivity contribution is 14.1. The number of anilines is 1. The molecule has 0 fully saturated rings. The Bertz CT molecular complexity index is 782. The molecule has 2 aromatic rings. The summed E-state index contributed by atoms with van der Waals surface area (Å²) in [7, 11) is 1.54. The van der Waals surface area contributed by atoms with Crippen molar-refractivity contribution in [1.82, 2.24) is 0 Å². The fourth-order valence-corrected chi connectivity index (χ4v) is 4.00. The molecule has 0 saturated carbocycles. The van der Waals surface area contributed by atoms with Gasteiger partial charge in [0, 0.05) is 18.6 Å². The van der Waals surface area contributed by atoms with Gasteiger partial charge in [0.2, 0.25) is 5.91 Å². The number of hydrogen-bond acceptors (Lipinski definition) is 4. The fraction of sp³-hybridized carbons (Fsp3) is 0.176. The van der Waals surface area contributed by atoms with Gasteiger partial charge in [-0.1, -0.05) is 0 Å². The van der Waals surface area contributed by atoms with Crippen molar-refractivity contribution in [3.63, 3.8) is 0 Å². The van der Waals surface area contributed by atoms with E-state index in [1.807, 2.05) is 0 Å². The molecule has 0 aromatic heterocycles. The molecule has 1 amide bonds. The molecule has 0 atom stereocenters. The minimum Gasteiger partial charge on any atom is -0.495 e. The third kappa shape index (κ3) is 4.59. The second kappa shape index (κ2) is 8.15. The Hall–Kier alpha value is -1.36. The maximum atomic E-state index is 11.5. The molecule has 2 aromatic carbocycles. The Labute approximate surface area is 167 Å². The number of methoxy groups -OCH3 is 1. The minimum absolute atomic E-state index is 0.00905. The van der Waals surface area contributed by atoms with Crippen molar-refractivity contribution in [2.45, 2.75) is 13.8 Å². The van der Waals surface area contributed by atoms with Crippen LogP contribution in [0.5, 0.6) is 17.2 Å². The minimum atomic E-state index is -0.194. The van der Waals surface area contributed by atoms with Crippen molar-refractivity contribution in [3.8, 4) is 17.2 Å². The number of Topliss-reactive ketones (excluding diaryl/α,β-unsaturated/α-hetero) is 1. The summed E-state index contributed by atoms with van der Waals surface area (Å²) >= 11 is 4.28. The molecule has 0 saturated heterocycles. The lowest BCUT2D eigenvalue weighted by molar-refractivity contribution is -0.114. The van der Waals surface area contributed by atoms with E-state index in [0.29, 0.717) is 28.5 Å². The van der Waals surface area contributed by atoms with Gasteiger partial charge in [0.25, 0.3) is 0 Å². The van der Waals surface area contributed by atoms with Crippen molar-refractivity contribution in [2.24, 2.45) is 0 Å². The number of halogens is 2. The Morgan fingerprint density at radius 1 is 1.04 bits per heavy atom. The highest BCUT2D eigenvalue weighted by Gasteiger charge is 2.14. The molecule has 1 N–H and O–H groups in total. The number of amides is 1. The molecule has 0 aliphatic heterocycles. The lowest BCUT2D eigenvalue weighted by Crippen LogP contribution is -2.07. The van der Waals surface area contributed by atoms with Crippen LogP contribution in [0.25, 0.3) is 0 Å². The molecule has 0 aliphatic rings. The second-order valence-corrected chi connectivity index (χ2v) is 7.29. The van der Waals surface area contributed by atoms with Gasteiger partial charge in [-0.2, -0.15) is 0 Å². The van der Waals surface area contributed by atoms with Crippen LogP contribution in [0, 0.1) is 7.14 Å². The SMILES string of the molecule is COc1ccc(Oc2c(I)cc(C(C)=O)cc2I)cc1NC(C)=O. The molecule has 0 radical (unpaired) electrons. The first kappa shape index (κ1) is 19.0. The average Bonchev–Trinajstić information content (AvgIpc) is 2.50. The lowest BCUT2D eigenvalue weighted by Gasteiger charge is -2.14. The number of ketones is 1. The van der Waals surface area contributed by atoms with Gasteiger partial charge < -0.3 is 14.8 Å². The van der Waals surface area contributed by atoms with E-state index in [-0.39, 0.29) is 11.7 Å². The number of nitrogens with one attached hydrogen (secondary N) is 1. The van der Waals surface area contributed by atoms with Gasteiger partial charge in [-0.05, 0) is 76.4 Å². The van der Waals surface area contributed by atoms with Crippen LogP contribution in [-0.4, -0.2) is 18.8 Å². The van der Waals surface area contributed by atoms with Crippen LogP contribution in [-0.2, 0) is 4.79 Å². The molecule has 2 rings (SSSR count). The fourth-order valence-electron chi connectivity index (χ4n) is 2.02. The van der Waals surface area contributed by atoms with Crippen molar-refractivity contribution in [2.75, 3.05) is 12.4 Å². The van der Waals surface area contributed by atoms with Gasteiger partial charge in [-0.3, -0.25) is 9.59 Å². The first-order chi connectivity index (χ1) is 11.3. The first-order valence-electron chi connectivity index (χ1n) is 6.95. The van der Waals surface area contributed by atoms with Crippen molar-refractivity contribution in [3.05, 3.63) is 43.0 Å². The second-order valence-electron chi connectivity index (χ2n) is 4.97. The normalized spacial score (nSPS) is 10.2. The van der Waals surface area contributed by atoms with E-state index >= 15 is 0 Å². The van der Waals surface area contributed by atoms with Gasteiger partial charge in [0.1, 0.15) is 11.5 Å². The summed E-state index contributed by atoms with van der Waals surface area (Å²) in [5.74, 6) is 1.59. The zero-order valence-electron chi connectivity index (χ0n) is 13.3. The molecular weight excluding hydrogens is 536 g/mol. The van der Waals surface area contributed by atoms with E-state index in [0.717, 1.165) is 7.14 Å². The Morgan fingerprint density at radius 2 is 1.67 bits per heavy atom. The number of benzene rings is 2. The topological polar surface area (TPSA) is 64.6 Å². The highest BCUT2D eigenvalue weighted by atomic mass is 127. The van der Waals surface area contributed by atoms with E-state index in [4.69, 9.17) is 9.47 Å². The monoisotopic (exact) mass is 551 g/mol. The predicted octanol–water partition coefficient (Wildman–Crippen LogP) is 4.86. The number of carbonyl (C=O) groups is 2. The summed E-state index contributed by atoms with van der Waals surface area (Å²) in [5, 5.41) is 2.71. The van der Waals surface area contributed by atoms with E-state index in [1.165, 1.54) is 21.0 Å². The number of rotatable bonds is 5. The van der Waals surface area contributed by atoms with Crippen LogP contribution < -0.4 is 14.8 Å². The molecule has 0 unspecified atom stereocenters. The van der Waals surface area contributed by atoms with Gasteiger partial charge >= 0.3 is 0 Å². The number of carbonyl (C=O) groups excluding carboxylic acids is 2. The van der Waals surface area contributed by atoms with Gasteiger partial charge in [0.15, 0.2) is 11.5 Å². The summed E-state index contributed by atoms with van der Waals surface area (Å²) in [6, 6.07) is 8.77. The smallest absolute Gasteiger partial charge is 0.221 e. The van der Waals surface area contributed by atoms with Crippen LogP contribution in [0.15, 0.2) is 30.3 Å². The van der Waals surface area contributed by atoms with Crippen molar-refractivity contribution < 1.29 is 19.1 Å². The number of ether oxygens (including phenoxy) is 2. The molecule has 24 heavy (non-hydrogen) atoms. The summed E-state index contributed by atoms with van der Waals surface area (Å²) in [4.78, 5) is 22.9. The van der Waals surface area contributed by atoms with Crippen LogP contribution in [0.4, 0.5) is 5.69 Å². The highest BCUT2D eigenvalue weighted by Crippen LogP contribution is 2.36. The first-order valence-corrected chi connectivity index (χ1v) is 9.11. The lowest BCUT2D eigenvalue weighted by atomic mass is 10.1. The van der Waals surface area contributed by atoms with E-state index < -0.39 is 0 Å². The number of hydrogen-bond donors (Lipinski definition) is 1. The molecule has 0 spiro atoms. The van der Waals surface area contributed by atoms with Crippen LogP contribution in [0.1, 0.15) is 24.2 Å². The average molecular weight is 551 g/mol. The molecule has 7 heteroatoms. The largest absolute Gasteiger partial charge is 0.495 e. The Balaban J connectivity index is 2.38. The van der Waals surface area contributed by atoms with Gasteiger partial charge in [-0.25, -0.2) is 0 Å². The third-order valence-corrected chi connectivity index (χ3v) is 4.71. The summed E-state index contributed by atoms with van der Waals surface area (Å²) < 4.78 is 12.9. The quantitative estimate of drug-likeness (QED) is 0.427. The standard InChI is InChI=1S/C17H15I2NO4/c1-9(21)11-6-13(18)17(14(19)7-11)24-12-4-5-16(23-3)15(8-12)20-10(2)22/h4-8H,1-3H3,(H,20,22). The van der Waals surface area contributed by atoms with E-state index in [9.17, 15) is 9.59 Å². The molecule has 0 aliphatic carbocycles. The van der Waals surface area contributed by atoms with Crippen molar-refractivity contribution in [1.29, 1.82) is 0 Å². The molecule has 0 heterocycles. The van der Waals surface area contributed by atoms with E-state index in [2.05, 4.69) is 50.5 Å². The Kier molecular flexibility index (Phi) is 6.44. The predicted molar refractivity (Wildman–Crippen MR) is 109 cm³/mol. The van der Waals surface area contributed by atoms with Gasteiger partial charge in [-0.15, -0.1) is 0 Å². The van der Waals surface area contributed by atoms with Gasteiger partial charge in [0.05, 0.1) is 19.9 Å². The van der Waals surface area contributed by atoms with Crippen LogP contribution in [0.2, 0.25) is 0 Å². The maximum absolute atomic E-state index is 11.5. The zero-order valence-corrected chi connectivity index (χ0v) is 17.6. The summed E-state index contributed by atoms with van der Waals surface area (Å²) in [6.07, 6.45) is 0. The zero-order chi connectivity index (χ0) is 17.9. The van der Waals surface area contributed by atoms with E-state index in [1.54, 1.807) is 30.3 Å². The molecule has 126 valence electrons. The summed E-state index contributed by atoms with van der Waals surface area (Å²) in [6.45, 7) is 2.96. The summed E-state index contributed by atoms with van der Waals surface area (Å²) in [5.41, 5.74) is 1.18. The molecule has 5 nitrogen and oxygen atoms in total. The maximum Gasteiger partial charge on any atom is 0.221 e. The van der Waals surface area contributed by atoms with Crippen molar-refractivity contribution >= 4 is 62.6 Å². The Morgan fingerprint density at radius 3 is 2.17 bits per heavy atom.